The number of rotatable bonds is 2. The van der Waals surface area contributed by atoms with Crippen LogP contribution in [0, 0.1) is 0 Å². The summed E-state index contributed by atoms with van der Waals surface area (Å²) in [5.41, 5.74) is 1.53. The molecule has 1 N–H and O–H groups in total. The van der Waals surface area contributed by atoms with E-state index in [1.807, 2.05) is 30.3 Å². The molecule has 0 aliphatic rings. The summed E-state index contributed by atoms with van der Waals surface area (Å²) in [6.07, 6.45) is 0. The van der Waals surface area contributed by atoms with Crippen LogP contribution in [-0.2, 0) is 0 Å². The fraction of sp³-hybridized carbons (Fsp3) is 0. The van der Waals surface area contributed by atoms with Crippen LogP contribution >= 0.6 is 11.6 Å². The van der Waals surface area contributed by atoms with Crippen LogP contribution in [0.2, 0.25) is 5.02 Å². The Bertz CT molecular complexity index is 741. The van der Waals surface area contributed by atoms with Gasteiger partial charge in [0.15, 0.2) is 0 Å². The Kier molecular flexibility index (Phi) is 2.76. The molecule has 3 aromatic rings. The van der Waals surface area contributed by atoms with E-state index in [0.29, 0.717) is 11.3 Å². The molecule has 0 atom stereocenters. The van der Waals surface area contributed by atoms with E-state index in [4.69, 9.17) is 21.1 Å². The molecular weight excluding hydrogens is 264 g/mol. The zero-order valence-electron chi connectivity index (χ0n) is 9.76. The smallest absolute Gasteiger partial charge is 0.337 e. The van der Waals surface area contributed by atoms with Crippen molar-refractivity contribution in [3.63, 3.8) is 0 Å². The van der Waals surface area contributed by atoms with Crippen molar-refractivity contribution in [2.45, 2.75) is 0 Å². The van der Waals surface area contributed by atoms with Crippen molar-refractivity contribution in [1.29, 1.82) is 0 Å². The van der Waals surface area contributed by atoms with Crippen LogP contribution in [0.5, 0.6) is 0 Å². The average Bonchev–Trinajstić information content (AvgIpc) is 2.82. The molecule has 19 heavy (non-hydrogen) atoms. The lowest BCUT2D eigenvalue weighted by molar-refractivity contribution is 0.0697. The van der Waals surface area contributed by atoms with Crippen molar-refractivity contribution in [3.05, 3.63) is 59.1 Å². The fourth-order valence-corrected chi connectivity index (χ4v) is 2.16. The van der Waals surface area contributed by atoms with Gasteiger partial charge >= 0.3 is 5.97 Å². The molecule has 3 nitrogen and oxygen atoms in total. The number of hydrogen-bond acceptors (Lipinski definition) is 2. The molecule has 3 rings (SSSR count). The van der Waals surface area contributed by atoms with Crippen molar-refractivity contribution in [1.82, 2.24) is 0 Å². The van der Waals surface area contributed by atoms with Gasteiger partial charge in [-0.05, 0) is 30.3 Å². The minimum atomic E-state index is -1.05. The number of benzene rings is 2. The standard InChI is InChI=1S/C15H9ClO3/c16-12-6-5-10(7-11(12)15(17)18)14-8-9-3-1-2-4-13(9)19-14/h1-8H,(H,17,18). The third-order valence-corrected chi connectivity index (χ3v) is 3.24. The number of hydrogen-bond donors (Lipinski definition) is 1. The largest absolute Gasteiger partial charge is 0.478 e. The molecule has 0 saturated heterocycles. The molecule has 0 amide bonds. The normalized spacial score (nSPS) is 10.8. The molecule has 4 heteroatoms. The Balaban J connectivity index is 2.16. The van der Waals surface area contributed by atoms with Gasteiger partial charge in [0.1, 0.15) is 11.3 Å². The monoisotopic (exact) mass is 272 g/mol. The van der Waals surface area contributed by atoms with E-state index in [-0.39, 0.29) is 10.6 Å². The molecule has 0 spiro atoms. The van der Waals surface area contributed by atoms with Gasteiger partial charge in [-0.1, -0.05) is 29.8 Å². The first-order valence-electron chi connectivity index (χ1n) is 5.67. The molecule has 94 valence electrons. The van der Waals surface area contributed by atoms with E-state index >= 15 is 0 Å². The lowest BCUT2D eigenvalue weighted by Gasteiger charge is -2.01. The van der Waals surface area contributed by atoms with E-state index in [2.05, 4.69) is 0 Å². The van der Waals surface area contributed by atoms with Gasteiger partial charge in [-0.3, -0.25) is 0 Å². The van der Waals surface area contributed by atoms with E-state index in [0.717, 1.165) is 11.0 Å². The number of aromatic carboxylic acids is 1. The third kappa shape index (κ3) is 2.09. The summed E-state index contributed by atoms with van der Waals surface area (Å²) < 4.78 is 5.69. The highest BCUT2D eigenvalue weighted by atomic mass is 35.5. The number of furan rings is 1. The average molecular weight is 273 g/mol. The first kappa shape index (κ1) is 11.8. The summed E-state index contributed by atoms with van der Waals surface area (Å²) in [7, 11) is 0. The summed E-state index contributed by atoms with van der Waals surface area (Å²) in [6.45, 7) is 0. The number of fused-ring (bicyclic) bond motifs is 1. The van der Waals surface area contributed by atoms with Gasteiger partial charge in [0, 0.05) is 10.9 Å². The molecule has 1 heterocycles. The molecule has 0 aliphatic carbocycles. The molecule has 0 saturated carbocycles. The predicted molar refractivity (Wildman–Crippen MR) is 73.6 cm³/mol. The number of para-hydroxylation sites is 1. The van der Waals surface area contributed by atoms with Crippen molar-refractivity contribution >= 4 is 28.5 Å². The Labute approximate surface area is 114 Å². The highest BCUT2D eigenvalue weighted by molar-refractivity contribution is 6.33. The van der Waals surface area contributed by atoms with Gasteiger partial charge in [-0.15, -0.1) is 0 Å². The lowest BCUT2D eigenvalue weighted by Crippen LogP contribution is -1.97. The van der Waals surface area contributed by atoms with Crippen molar-refractivity contribution in [3.8, 4) is 11.3 Å². The van der Waals surface area contributed by atoms with Crippen LogP contribution in [0.25, 0.3) is 22.3 Å². The SMILES string of the molecule is O=C(O)c1cc(-c2cc3ccccc3o2)ccc1Cl. The van der Waals surface area contributed by atoms with Crippen LogP contribution in [0.4, 0.5) is 0 Å². The van der Waals surface area contributed by atoms with E-state index < -0.39 is 5.97 Å². The summed E-state index contributed by atoms with van der Waals surface area (Å²) in [6, 6.07) is 14.3. The van der Waals surface area contributed by atoms with Crippen molar-refractivity contribution < 1.29 is 14.3 Å². The fourth-order valence-electron chi connectivity index (χ4n) is 1.97. The maximum absolute atomic E-state index is 11.1. The minimum absolute atomic E-state index is 0.0691. The second kappa shape index (κ2) is 4.44. The van der Waals surface area contributed by atoms with Crippen LogP contribution < -0.4 is 0 Å². The Hall–Kier alpha value is -2.26. The maximum Gasteiger partial charge on any atom is 0.337 e. The molecule has 0 bridgehead atoms. The second-order valence-electron chi connectivity index (χ2n) is 4.15. The van der Waals surface area contributed by atoms with Crippen LogP contribution in [0.1, 0.15) is 10.4 Å². The number of carboxylic acids is 1. The van der Waals surface area contributed by atoms with E-state index in [1.165, 1.54) is 6.07 Å². The van der Waals surface area contributed by atoms with Gasteiger partial charge in [0.2, 0.25) is 0 Å². The Morgan fingerprint density at radius 3 is 2.63 bits per heavy atom. The first-order valence-corrected chi connectivity index (χ1v) is 6.05. The molecule has 1 aromatic heterocycles. The summed E-state index contributed by atoms with van der Waals surface area (Å²) in [5.74, 6) is -0.427. The number of carboxylic acid groups (broad SMARTS) is 1. The summed E-state index contributed by atoms with van der Waals surface area (Å²) >= 11 is 5.85. The van der Waals surface area contributed by atoms with Crippen LogP contribution in [0.3, 0.4) is 0 Å². The molecule has 2 aromatic carbocycles. The van der Waals surface area contributed by atoms with Crippen LogP contribution in [0.15, 0.2) is 52.9 Å². The molecule has 0 fully saturated rings. The second-order valence-corrected chi connectivity index (χ2v) is 4.56. The van der Waals surface area contributed by atoms with Crippen LogP contribution in [-0.4, -0.2) is 11.1 Å². The quantitative estimate of drug-likeness (QED) is 0.750. The summed E-state index contributed by atoms with van der Waals surface area (Å²) in [4.78, 5) is 11.1. The predicted octanol–water partition coefficient (Wildman–Crippen LogP) is 4.45. The van der Waals surface area contributed by atoms with Gasteiger partial charge in [0.05, 0.1) is 10.6 Å². The number of carbonyl (C=O) groups is 1. The Morgan fingerprint density at radius 2 is 1.89 bits per heavy atom. The molecule has 0 aliphatic heterocycles. The zero-order valence-corrected chi connectivity index (χ0v) is 10.5. The highest BCUT2D eigenvalue weighted by Crippen LogP contribution is 2.30. The maximum atomic E-state index is 11.1. The van der Waals surface area contributed by atoms with Gasteiger partial charge in [0.25, 0.3) is 0 Å². The van der Waals surface area contributed by atoms with Gasteiger partial charge < -0.3 is 9.52 Å². The Morgan fingerprint density at radius 1 is 1.11 bits per heavy atom. The molecular formula is C15H9ClO3. The summed E-state index contributed by atoms with van der Waals surface area (Å²) in [5, 5.41) is 10.3. The molecule has 0 radical (unpaired) electrons. The van der Waals surface area contributed by atoms with E-state index in [1.54, 1.807) is 12.1 Å². The van der Waals surface area contributed by atoms with E-state index in [9.17, 15) is 4.79 Å². The lowest BCUT2D eigenvalue weighted by atomic mass is 10.1. The zero-order chi connectivity index (χ0) is 13.4. The minimum Gasteiger partial charge on any atom is -0.478 e. The third-order valence-electron chi connectivity index (χ3n) is 2.91. The van der Waals surface area contributed by atoms with Gasteiger partial charge in [-0.25, -0.2) is 4.79 Å². The topological polar surface area (TPSA) is 50.4 Å². The van der Waals surface area contributed by atoms with Crippen molar-refractivity contribution in [2.24, 2.45) is 0 Å². The number of halogens is 1. The highest BCUT2D eigenvalue weighted by Gasteiger charge is 2.12. The van der Waals surface area contributed by atoms with Crippen molar-refractivity contribution in [2.75, 3.05) is 0 Å². The first-order chi connectivity index (χ1) is 9.15. The van der Waals surface area contributed by atoms with Gasteiger partial charge in [-0.2, -0.15) is 0 Å². The molecule has 0 unspecified atom stereocenters.